The van der Waals surface area contributed by atoms with E-state index >= 15 is 0 Å². The first-order valence-corrected chi connectivity index (χ1v) is 6.13. The standard InChI is InChI=1S/C14H22N2/c1-14(2,15)11-16-9-5-8-12-6-3-4-7-13(12)10-16/h3-4,6-7H,5,8-11,15H2,1-2H3. The molecular weight excluding hydrogens is 196 g/mol. The predicted molar refractivity (Wildman–Crippen MR) is 68.3 cm³/mol. The largest absolute Gasteiger partial charge is 0.324 e. The minimum Gasteiger partial charge on any atom is -0.324 e. The average molecular weight is 218 g/mol. The molecule has 0 unspecified atom stereocenters. The fourth-order valence-electron chi connectivity index (χ4n) is 2.48. The van der Waals surface area contributed by atoms with Crippen LogP contribution in [0, 0.1) is 0 Å². The van der Waals surface area contributed by atoms with Gasteiger partial charge in [0.1, 0.15) is 0 Å². The minimum absolute atomic E-state index is 0.0979. The van der Waals surface area contributed by atoms with Crippen LogP contribution in [0.3, 0.4) is 0 Å². The number of hydrogen-bond acceptors (Lipinski definition) is 2. The molecule has 2 heteroatoms. The van der Waals surface area contributed by atoms with Crippen molar-refractivity contribution >= 4 is 0 Å². The quantitative estimate of drug-likeness (QED) is 0.824. The van der Waals surface area contributed by atoms with Crippen molar-refractivity contribution in [3.05, 3.63) is 35.4 Å². The van der Waals surface area contributed by atoms with E-state index in [9.17, 15) is 0 Å². The van der Waals surface area contributed by atoms with Gasteiger partial charge in [-0.05, 0) is 44.4 Å². The Balaban J connectivity index is 2.11. The highest BCUT2D eigenvalue weighted by Crippen LogP contribution is 2.19. The highest BCUT2D eigenvalue weighted by atomic mass is 15.1. The van der Waals surface area contributed by atoms with Crippen molar-refractivity contribution in [1.82, 2.24) is 4.90 Å². The normalized spacial score (nSPS) is 17.9. The van der Waals surface area contributed by atoms with Gasteiger partial charge in [-0.1, -0.05) is 24.3 Å². The van der Waals surface area contributed by atoms with E-state index < -0.39 is 0 Å². The third-order valence-electron chi connectivity index (χ3n) is 3.06. The molecule has 0 aliphatic carbocycles. The summed E-state index contributed by atoms with van der Waals surface area (Å²) in [4.78, 5) is 2.48. The number of nitrogens with zero attached hydrogens (tertiary/aromatic N) is 1. The summed E-state index contributed by atoms with van der Waals surface area (Å²) in [5.41, 5.74) is 8.99. The van der Waals surface area contributed by atoms with Crippen LogP contribution in [0.2, 0.25) is 0 Å². The van der Waals surface area contributed by atoms with Crippen molar-refractivity contribution in [1.29, 1.82) is 0 Å². The van der Waals surface area contributed by atoms with Gasteiger partial charge in [-0.15, -0.1) is 0 Å². The second kappa shape index (κ2) is 4.56. The van der Waals surface area contributed by atoms with Crippen molar-refractivity contribution in [3.8, 4) is 0 Å². The van der Waals surface area contributed by atoms with E-state index in [1.165, 1.54) is 24.0 Å². The molecular formula is C14H22N2. The van der Waals surface area contributed by atoms with Gasteiger partial charge < -0.3 is 5.73 Å². The van der Waals surface area contributed by atoms with Crippen LogP contribution in [0.1, 0.15) is 31.4 Å². The summed E-state index contributed by atoms with van der Waals surface area (Å²) >= 11 is 0. The van der Waals surface area contributed by atoms with Crippen molar-refractivity contribution in [2.45, 2.75) is 38.8 Å². The molecule has 1 aromatic carbocycles. The summed E-state index contributed by atoms with van der Waals surface area (Å²) < 4.78 is 0. The second-order valence-electron chi connectivity index (χ2n) is 5.57. The first-order valence-electron chi connectivity index (χ1n) is 6.13. The minimum atomic E-state index is -0.0979. The molecule has 0 spiro atoms. The smallest absolute Gasteiger partial charge is 0.0237 e. The number of rotatable bonds is 2. The topological polar surface area (TPSA) is 29.3 Å². The lowest BCUT2D eigenvalue weighted by Gasteiger charge is -2.28. The van der Waals surface area contributed by atoms with Gasteiger partial charge in [-0.2, -0.15) is 0 Å². The molecule has 0 radical (unpaired) electrons. The fraction of sp³-hybridized carbons (Fsp3) is 0.571. The zero-order valence-electron chi connectivity index (χ0n) is 10.4. The summed E-state index contributed by atoms with van der Waals surface area (Å²) in [7, 11) is 0. The first kappa shape index (κ1) is 11.6. The molecule has 0 fully saturated rings. The lowest BCUT2D eigenvalue weighted by atomic mass is 10.0. The van der Waals surface area contributed by atoms with Gasteiger partial charge in [0.2, 0.25) is 0 Å². The summed E-state index contributed by atoms with van der Waals surface area (Å²) in [6.45, 7) is 7.39. The Morgan fingerprint density at radius 3 is 2.62 bits per heavy atom. The Bertz CT molecular complexity index is 352. The zero-order valence-corrected chi connectivity index (χ0v) is 10.4. The van der Waals surface area contributed by atoms with Crippen molar-refractivity contribution < 1.29 is 0 Å². The first-order chi connectivity index (χ1) is 7.54. The molecule has 2 rings (SSSR count). The molecule has 0 aromatic heterocycles. The van der Waals surface area contributed by atoms with Gasteiger partial charge in [0.05, 0.1) is 0 Å². The van der Waals surface area contributed by atoms with Crippen LogP contribution in [0.5, 0.6) is 0 Å². The maximum Gasteiger partial charge on any atom is 0.0237 e. The van der Waals surface area contributed by atoms with Gasteiger partial charge in [0.25, 0.3) is 0 Å². The lowest BCUT2D eigenvalue weighted by Crippen LogP contribution is -2.45. The molecule has 2 nitrogen and oxygen atoms in total. The Labute approximate surface area is 98.4 Å². The van der Waals surface area contributed by atoms with E-state index in [2.05, 4.69) is 43.0 Å². The van der Waals surface area contributed by atoms with Gasteiger partial charge in [-0.3, -0.25) is 4.90 Å². The number of fused-ring (bicyclic) bond motifs is 1. The van der Waals surface area contributed by atoms with E-state index in [1.807, 2.05) is 0 Å². The van der Waals surface area contributed by atoms with Crippen LogP contribution in [0.15, 0.2) is 24.3 Å². The van der Waals surface area contributed by atoms with Crippen molar-refractivity contribution in [3.63, 3.8) is 0 Å². The van der Waals surface area contributed by atoms with Crippen LogP contribution in [-0.2, 0) is 13.0 Å². The Morgan fingerprint density at radius 2 is 1.94 bits per heavy atom. The molecule has 2 N–H and O–H groups in total. The number of nitrogens with two attached hydrogens (primary N) is 1. The fourth-order valence-corrected chi connectivity index (χ4v) is 2.48. The van der Waals surface area contributed by atoms with Gasteiger partial charge in [0.15, 0.2) is 0 Å². The summed E-state index contributed by atoms with van der Waals surface area (Å²) in [6, 6.07) is 8.78. The average Bonchev–Trinajstić information content (AvgIpc) is 2.36. The molecule has 1 aliphatic rings. The van der Waals surface area contributed by atoms with Crippen LogP contribution >= 0.6 is 0 Å². The highest BCUT2D eigenvalue weighted by Gasteiger charge is 2.19. The maximum absolute atomic E-state index is 6.10. The molecule has 0 atom stereocenters. The van der Waals surface area contributed by atoms with Crippen LogP contribution in [0.25, 0.3) is 0 Å². The van der Waals surface area contributed by atoms with E-state index in [1.54, 1.807) is 0 Å². The number of benzene rings is 1. The van der Waals surface area contributed by atoms with E-state index in [-0.39, 0.29) is 5.54 Å². The summed E-state index contributed by atoms with van der Waals surface area (Å²) in [5.74, 6) is 0. The van der Waals surface area contributed by atoms with Gasteiger partial charge >= 0.3 is 0 Å². The molecule has 1 heterocycles. The molecule has 0 saturated heterocycles. The van der Waals surface area contributed by atoms with E-state index in [0.29, 0.717) is 0 Å². The van der Waals surface area contributed by atoms with Crippen LogP contribution in [-0.4, -0.2) is 23.5 Å². The monoisotopic (exact) mass is 218 g/mol. The van der Waals surface area contributed by atoms with Gasteiger partial charge in [-0.25, -0.2) is 0 Å². The molecule has 16 heavy (non-hydrogen) atoms. The Hall–Kier alpha value is -0.860. The van der Waals surface area contributed by atoms with Crippen molar-refractivity contribution in [2.75, 3.05) is 13.1 Å². The molecule has 1 aromatic rings. The highest BCUT2D eigenvalue weighted by molar-refractivity contribution is 5.28. The predicted octanol–water partition coefficient (Wildman–Crippen LogP) is 2.17. The zero-order chi connectivity index (χ0) is 11.6. The summed E-state index contributed by atoms with van der Waals surface area (Å²) in [5, 5.41) is 0. The Kier molecular flexibility index (Phi) is 3.31. The molecule has 0 bridgehead atoms. The Morgan fingerprint density at radius 1 is 1.25 bits per heavy atom. The SMILES string of the molecule is CC(C)(N)CN1CCCc2ccccc2C1. The number of hydrogen-bond donors (Lipinski definition) is 1. The lowest BCUT2D eigenvalue weighted by molar-refractivity contribution is 0.221. The molecule has 88 valence electrons. The van der Waals surface area contributed by atoms with E-state index in [4.69, 9.17) is 5.73 Å². The maximum atomic E-state index is 6.10. The van der Waals surface area contributed by atoms with Gasteiger partial charge in [0, 0.05) is 18.6 Å². The third-order valence-corrected chi connectivity index (χ3v) is 3.06. The molecule has 1 aliphatic heterocycles. The number of aryl methyl sites for hydroxylation is 1. The molecule has 0 amide bonds. The van der Waals surface area contributed by atoms with E-state index in [0.717, 1.165) is 19.6 Å². The van der Waals surface area contributed by atoms with Crippen LogP contribution < -0.4 is 5.73 Å². The third kappa shape index (κ3) is 3.06. The summed E-state index contributed by atoms with van der Waals surface area (Å²) in [6.07, 6.45) is 2.45. The van der Waals surface area contributed by atoms with Crippen molar-refractivity contribution in [2.24, 2.45) is 5.73 Å². The molecule has 0 saturated carbocycles. The van der Waals surface area contributed by atoms with Crippen LogP contribution in [0.4, 0.5) is 0 Å². The second-order valence-corrected chi connectivity index (χ2v) is 5.57.